The second kappa shape index (κ2) is 2.74. The SMILES string of the molecule is C=c1c(F)cc(N)c/c1=C/C. The van der Waals surface area contributed by atoms with Crippen LogP contribution in [0.4, 0.5) is 10.1 Å². The van der Waals surface area contributed by atoms with Gasteiger partial charge in [0.1, 0.15) is 5.82 Å². The molecule has 0 heterocycles. The van der Waals surface area contributed by atoms with Crippen LogP contribution in [-0.2, 0) is 0 Å². The van der Waals surface area contributed by atoms with Gasteiger partial charge in [-0.25, -0.2) is 4.39 Å². The molecule has 2 N–H and O–H groups in total. The average molecular weight is 151 g/mol. The number of anilines is 1. The van der Waals surface area contributed by atoms with E-state index in [2.05, 4.69) is 6.58 Å². The largest absolute Gasteiger partial charge is 0.399 e. The van der Waals surface area contributed by atoms with E-state index in [4.69, 9.17) is 5.73 Å². The van der Waals surface area contributed by atoms with Crippen molar-refractivity contribution in [2.45, 2.75) is 6.92 Å². The maximum absolute atomic E-state index is 12.9. The first kappa shape index (κ1) is 7.79. The van der Waals surface area contributed by atoms with E-state index in [0.29, 0.717) is 10.9 Å². The van der Waals surface area contributed by atoms with Crippen LogP contribution in [0.3, 0.4) is 0 Å². The third-order valence-corrected chi connectivity index (χ3v) is 1.56. The summed E-state index contributed by atoms with van der Waals surface area (Å²) in [6.45, 7) is 5.39. The highest BCUT2D eigenvalue weighted by molar-refractivity contribution is 5.41. The molecule has 0 aliphatic heterocycles. The summed E-state index contributed by atoms with van der Waals surface area (Å²) < 4.78 is 12.9. The topological polar surface area (TPSA) is 26.0 Å². The van der Waals surface area contributed by atoms with Gasteiger partial charge in [-0.05, 0) is 24.3 Å². The lowest BCUT2D eigenvalue weighted by Crippen LogP contribution is -2.26. The lowest BCUT2D eigenvalue weighted by Gasteiger charge is -1.94. The molecule has 1 aromatic rings. The van der Waals surface area contributed by atoms with Crippen molar-refractivity contribution in [3.8, 4) is 0 Å². The molecule has 0 radical (unpaired) electrons. The molecular weight excluding hydrogens is 141 g/mol. The van der Waals surface area contributed by atoms with E-state index in [1.807, 2.05) is 6.92 Å². The van der Waals surface area contributed by atoms with Crippen LogP contribution < -0.4 is 16.2 Å². The second-order valence-electron chi connectivity index (χ2n) is 2.36. The number of benzene rings is 1. The van der Waals surface area contributed by atoms with E-state index in [9.17, 15) is 4.39 Å². The van der Waals surface area contributed by atoms with E-state index in [-0.39, 0.29) is 5.82 Å². The monoisotopic (exact) mass is 151 g/mol. The quantitative estimate of drug-likeness (QED) is 0.540. The number of nitrogen functional groups attached to an aromatic ring is 1. The lowest BCUT2D eigenvalue weighted by molar-refractivity contribution is 0.618. The fraction of sp³-hybridized carbons (Fsp3) is 0.111. The zero-order chi connectivity index (χ0) is 8.43. The molecule has 1 aromatic carbocycles. The first-order valence-electron chi connectivity index (χ1n) is 3.35. The molecule has 0 unspecified atom stereocenters. The van der Waals surface area contributed by atoms with Gasteiger partial charge in [0.25, 0.3) is 0 Å². The van der Waals surface area contributed by atoms with E-state index in [1.54, 1.807) is 12.1 Å². The summed E-state index contributed by atoms with van der Waals surface area (Å²) in [7, 11) is 0. The predicted octanol–water partition coefficient (Wildman–Crippen LogP) is 0.619. The molecule has 0 atom stereocenters. The Morgan fingerprint density at radius 1 is 1.55 bits per heavy atom. The minimum absolute atomic E-state index is 0.349. The van der Waals surface area contributed by atoms with Gasteiger partial charge in [-0.3, -0.25) is 0 Å². The number of hydrogen-bond acceptors (Lipinski definition) is 1. The van der Waals surface area contributed by atoms with Crippen molar-refractivity contribution in [3.05, 3.63) is 28.4 Å². The Kier molecular flexibility index (Phi) is 1.94. The maximum atomic E-state index is 12.9. The van der Waals surface area contributed by atoms with Crippen LogP contribution in [0.5, 0.6) is 0 Å². The summed E-state index contributed by atoms with van der Waals surface area (Å²) in [6.07, 6.45) is 1.78. The Morgan fingerprint density at radius 3 is 2.73 bits per heavy atom. The molecule has 0 saturated heterocycles. The zero-order valence-corrected chi connectivity index (χ0v) is 6.39. The fourth-order valence-corrected chi connectivity index (χ4v) is 0.937. The van der Waals surface area contributed by atoms with Gasteiger partial charge < -0.3 is 5.73 Å². The maximum Gasteiger partial charge on any atom is 0.132 e. The van der Waals surface area contributed by atoms with Crippen LogP contribution in [0.25, 0.3) is 12.7 Å². The second-order valence-corrected chi connectivity index (χ2v) is 2.36. The van der Waals surface area contributed by atoms with E-state index in [0.717, 1.165) is 5.22 Å². The molecule has 0 bridgehead atoms. The summed E-state index contributed by atoms with van der Waals surface area (Å²) in [5, 5.41) is 1.16. The van der Waals surface area contributed by atoms with Crippen LogP contribution in [-0.4, -0.2) is 0 Å². The third kappa shape index (κ3) is 1.40. The fourth-order valence-electron chi connectivity index (χ4n) is 0.937. The highest BCUT2D eigenvalue weighted by Gasteiger charge is 1.93. The van der Waals surface area contributed by atoms with Crippen molar-refractivity contribution in [2.24, 2.45) is 0 Å². The van der Waals surface area contributed by atoms with Crippen LogP contribution in [0, 0.1) is 5.82 Å². The van der Waals surface area contributed by atoms with E-state index in [1.165, 1.54) is 6.07 Å². The van der Waals surface area contributed by atoms with Crippen LogP contribution in [0.2, 0.25) is 0 Å². The first-order valence-corrected chi connectivity index (χ1v) is 3.35. The molecule has 0 amide bonds. The van der Waals surface area contributed by atoms with Crippen molar-refractivity contribution in [2.75, 3.05) is 5.73 Å². The van der Waals surface area contributed by atoms with Gasteiger partial charge in [0.15, 0.2) is 0 Å². The lowest BCUT2D eigenvalue weighted by atomic mass is 10.2. The smallest absolute Gasteiger partial charge is 0.132 e. The van der Waals surface area contributed by atoms with Crippen molar-refractivity contribution in [1.29, 1.82) is 0 Å². The Hall–Kier alpha value is -1.31. The molecule has 0 aliphatic rings. The molecular formula is C9H10FN. The minimum Gasteiger partial charge on any atom is -0.399 e. The van der Waals surface area contributed by atoms with Gasteiger partial charge in [-0.15, -0.1) is 0 Å². The molecule has 0 fully saturated rings. The van der Waals surface area contributed by atoms with E-state index < -0.39 is 0 Å². The Bertz CT molecular complexity index is 368. The van der Waals surface area contributed by atoms with Gasteiger partial charge >= 0.3 is 0 Å². The van der Waals surface area contributed by atoms with Gasteiger partial charge in [0, 0.05) is 10.9 Å². The third-order valence-electron chi connectivity index (χ3n) is 1.56. The summed E-state index contributed by atoms with van der Waals surface area (Å²) in [5.74, 6) is -0.349. The van der Waals surface area contributed by atoms with Crippen LogP contribution >= 0.6 is 0 Å². The molecule has 0 aromatic heterocycles. The van der Waals surface area contributed by atoms with Gasteiger partial charge in [0.2, 0.25) is 0 Å². The molecule has 2 heteroatoms. The molecule has 1 rings (SSSR count). The normalized spacial score (nSPS) is 12.0. The zero-order valence-electron chi connectivity index (χ0n) is 6.39. The summed E-state index contributed by atoms with van der Waals surface area (Å²) >= 11 is 0. The molecule has 58 valence electrons. The number of halogens is 1. The van der Waals surface area contributed by atoms with Gasteiger partial charge in [-0.1, -0.05) is 12.7 Å². The molecule has 1 nitrogen and oxygen atoms in total. The minimum atomic E-state index is -0.349. The Balaban J connectivity index is 3.64. The number of rotatable bonds is 0. The molecule has 0 aliphatic carbocycles. The summed E-state index contributed by atoms with van der Waals surface area (Å²) in [4.78, 5) is 0. The highest BCUT2D eigenvalue weighted by atomic mass is 19.1. The summed E-state index contributed by atoms with van der Waals surface area (Å²) in [5.41, 5.74) is 5.85. The van der Waals surface area contributed by atoms with Gasteiger partial charge in [-0.2, -0.15) is 0 Å². The standard InChI is InChI=1S/C9H10FN/c1-3-7-4-8(11)5-9(10)6(7)2/h3-5H,2,11H2,1H3/b7-3-. The van der Waals surface area contributed by atoms with Crippen molar-refractivity contribution in [3.63, 3.8) is 0 Å². The Labute approximate surface area is 64.7 Å². The van der Waals surface area contributed by atoms with Crippen LogP contribution in [0.15, 0.2) is 12.1 Å². The highest BCUT2D eigenvalue weighted by Crippen LogP contribution is 1.95. The van der Waals surface area contributed by atoms with Crippen molar-refractivity contribution < 1.29 is 4.39 Å². The number of hydrogen-bond donors (Lipinski definition) is 1. The number of nitrogens with two attached hydrogens (primary N) is 1. The molecule has 0 spiro atoms. The van der Waals surface area contributed by atoms with Crippen molar-refractivity contribution >= 4 is 18.3 Å². The van der Waals surface area contributed by atoms with Crippen LogP contribution in [0.1, 0.15) is 6.92 Å². The first-order chi connectivity index (χ1) is 5.15. The summed E-state index contributed by atoms with van der Waals surface area (Å²) in [6, 6.07) is 2.97. The average Bonchev–Trinajstić information content (AvgIpc) is 1.96. The van der Waals surface area contributed by atoms with Crippen molar-refractivity contribution in [1.82, 2.24) is 0 Å². The molecule has 0 saturated carbocycles. The molecule has 11 heavy (non-hydrogen) atoms. The Morgan fingerprint density at radius 2 is 2.18 bits per heavy atom. The van der Waals surface area contributed by atoms with Gasteiger partial charge in [0.05, 0.1) is 0 Å². The predicted molar refractivity (Wildman–Crippen MR) is 45.7 cm³/mol. The van der Waals surface area contributed by atoms with E-state index >= 15 is 0 Å².